The largest absolute Gasteiger partial charge is 0.491 e. The van der Waals surface area contributed by atoms with Gasteiger partial charge < -0.3 is 9.64 Å². The van der Waals surface area contributed by atoms with Gasteiger partial charge in [0.25, 0.3) is 0 Å². The molecule has 0 atom stereocenters. The molecular weight excluding hydrogens is 294 g/mol. The number of benzene rings is 2. The molecule has 2 aromatic rings. The zero-order valence-electron chi connectivity index (χ0n) is 13.9. The molecule has 1 saturated carbocycles. The molecule has 0 N–H and O–H groups in total. The Bertz CT molecular complexity index is 729. The van der Waals surface area contributed by atoms with Crippen molar-refractivity contribution in [1.29, 1.82) is 0 Å². The molecule has 0 spiro atoms. The van der Waals surface area contributed by atoms with Crippen molar-refractivity contribution >= 4 is 0 Å². The predicted octanol–water partition coefficient (Wildman–Crippen LogP) is 4.90. The summed E-state index contributed by atoms with van der Waals surface area (Å²) in [7, 11) is 0. The first-order valence-corrected chi connectivity index (χ1v) is 8.74. The van der Waals surface area contributed by atoms with Gasteiger partial charge in [0.15, 0.2) is 0 Å². The molecule has 4 rings (SSSR count). The number of ether oxygens (including phenoxy) is 1. The van der Waals surface area contributed by atoms with Gasteiger partial charge in [0.05, 0.1) is 6.54 Å². The molecule has 2 aliphatic rings. The average Bonchev–Trinajstić information content (AvgIpc) is 3.47. The first kappa shape index (κ1) is 15.1. The van der Waals surface area contributed by atoms with Crippen LogP contribution in [0.4, 0.5) is 0 Å². The maximum Gasteiger partial charge on any atom is 0.116 e. The van der Waals surface area contributed by atoms with Crippen LogP contribution in [0.3, 0.4) is 0 Å². The SMILES string of the molecule is C1=C(OCc2ccccc2)CN(Cc2ccccc2)C=C1C1CC1. The molecule has 24 heavy (non-hydrogen) atoms. The Balaban J connectivity index is 1.45. The fourth-order valence-electron chi connectivity index (χ4n) is 3.12. The molecule has 0 unspecified atom stereocenters. The topological polar surface area (TPSA) is 12.5 Å². The van der Waals surface area contributed by atoms with Crippen molar-refractivity contribution in [2.45, 2.75) is 26.0 Å². The Morgan fingerprint density at radius 1 is 0.875 bits per heavy atom. The molecule has 0 bridgehead atoms. The highest BCUT2D eigenvalue weighted by Gasteiger charge is 2.28. The quantitative estimate of drug-likeness (QED) is 0.751. The Labute approximate surface area is 144 Å². The lowest BCUT2D eigenvalue weighted by Gasteiger charge is -2.27. The summed E-state index contributed by atoms with van der Waals surface area (Å²) in [4.78, 5) is 2.38. The van der Waals surface area contributed by atoms with Crippen LogP contribution in [-0.4, -0.2) is 11.4 Å². The van der Waals surface area contributed by atoms with Crippen LogP contribution in [0.15, 0.2) is 84.3 Å². The van der Waals surface area contributed by atoms with Crippen molar-refractivity contribution in [3.05, 3.63) is 95.4 Å². The molecule has 122 valence electrons. The summed E-state index contributed by atoms with van der Waals surface area (Å²) < 4.78 is 6.12. The maximum atomic E-state index is 6.12. The molecule has 1 aliphatic carbocycles. The van der Waals surface area contributed by atoms with Crippen LogP contribution in [0.2, 0.25) is 0 Å². The predicted molar refractivity (Wildman–Crippen MR) is 97.0 cm³/mol. The van der Waals surface area contributed by atoms with Gasteiger partial charge in [-0.15, -0.1) is 0 Å². The smallest absolute Gasteiger partial charge is 0.116 e. The summed E-state index contributed by atoms with van der Waals surface area (Å²) in [5.41, 5.74) is 3.99. The minimum absolute atomic E-state index is 0.643. The fourth-order valence-corrected chi connectivity index (χ4v) is 3.12. The highest BCUT2D eigenvalue weighted by atomic mass is 16.5. The maximum absolute atomic E-state index is 6.12. The zero-order chi connectivity index (χ0) is 16.2. The molecule has 2 heteroatoms. The van der Waals surface area contributed by atoms with E-state index >= 15 is 0 Å². The van der Waals surface area contributed by atoms with E-state index in [1.165, 1.54) is 29.5 Å². The Hall–Kier alpha value is -2.48. The van der Waals surface area contributed by atoms with Gasteiger partial charge in [-0.1, -0.05) is 60.7 Å². The van der Waals surface area contributed by atoms with Gasteiger partial charge in [0.1, 0.15) is 12.4 Å². The molecule has 0 aromatic heterocycles. The van der Waals surface area contributed by atoms with Crippen LogP contribution in [0.1, 0.15) is 24.0 Å². The van der Waals surface area contributed by atoms with Crippen molar-refractivity contribution in [1.82, 2.24) is 4.90 Å². The van der Waals surface area contributed by atoms with Gasteiger partial charge in [0.2, 0.25) is 0 Å². The average molecular weight is 317 g/mol. The minimum atomic E-state index is 0.643. The zero-order valence-corrected chi connectivity index (χ0v) is 13.9. The second-order valence-electron chi connectivity index (χ2n) is 6.68. The van der Waals surface area contributed by atoms with Gasteiger partial charge in [0, 0.05) is 12.7 Å². The standard InChI is InChI=1S/C22H23NO/c1-3-7-18(8-4-1)14-23-15-21(20-11-12-20)13-22(16-23)24-17-19-9-5-2-6-10-19/h1-10,13,15,20H,11-12,14,16-17H2. The first-order chi connectivity index (χ1) is 11.9. The van der Waals surface area contributed by atoms with Crippen LogP contribution in [0.5, 0.6) is 0 Å². The molecule has 0 saturated heterocycles. The van der Waals surface area contributed by atoms with E-state index < -0.39 is 0 Å². The highest BCUT2D eigenvalue weighted by molar-refractivity contribution is 5.31. The first-order valence-electron chi connectivity index (χ1n) is 8.74. The van der Waals surface area contributed by atoms with Crippen LogP contribution in [0, 0.1) is 5.92 Å². The summed E-state index contributed by atoms with van der Waals surface area (Å²) in [5, 5.41) is 0. The van der Waals surface area contributed by atoms with Crippen LogP contribution >= 0.6 is 0 Å². The van der Waals surface area contributed by atoms with E-state index in [-0.39, 0.29) is 0 Å². The second-order valence-corrected chi connectivity index (χ2v) is 6.68. The monoisotopic (exact) mass is 317 g/mol. The highest BCUT2D eigenvalue weighted by Crippen LogP contribution is 2.39. The van der Waals surface area contributed by atoms with E-state index in [4.69, 9.17) is 4.74 Å². The number of hydrogen-bond acceptors (Lipinski definition) is 2. The fraction of sp³-hybridized carbons (Fsp3) is 0.273. The third-order valence-electron chi connectivity index (χ3n) is 4.56. The number of rotatable bonds is 6. The molecule has 0 radical (unpaired) electrons. The summed E-state index contributed by atoms with van der Waals surface area (Å²) in [6, 6.07) is 21.0. The van der Waals surface area contributed by atoms with Crippen LogP contribution in [-0.2, 0) is 17.9 Å². The summed E-state index contributed by atoms with van der Waals surface area (Å²) in [6.07, 6.45) is 7.23. The molecule has 2 aromatic carbocycles. The van der Waals surface area contributed by atoms with Crippen molar-refractivity contribution in [2.75, 3.05) is 6.54 Å². The number of allylic oxidation sites excluding steroid dienone is 2. The van der Waals surface area contributed by atoms with E-state index in [0.717, 1.165) is 24.8 Å². The lowest BCUT2D eigenvalue weighted by Crippen LogP contribution is -2.24. The van der Waals surface area contributed by atoms with E-state index in [1.54, 1.807) is 0 Å². The lowest BCUT2D eigenvalue weighted by atomic mass is 10.1. The van der Waals surface area contributed by atoms with Crippen LogP contribution < -0.4 is 0 Å². The van der Waals surface area contributed by atoms with Gasteiger partial charge in [-0.05, 0) is 41.5 Å². The molecule has 2 nitrogen and oxygen atoms in total. The van der Waals surface area contributed by atoms with Gasteiger partial charge in [-0.25, -0.2) is 0 Å². The van der Waals surface area contributed by atoms with Gasteiger partial charge >= 0.3 is 0 Å². The molecular formula is C22H23NO. The lowest BCUT2D eigenvalue weighted by molar-refractivity contribution is 0.168. The minimum Gasteiger partial charge on any atom is -0.491 e. The second kappa shape index (κ2) is 6.96. The number of nitrogens with zero attached hydrogens (tertiary/aromatic N) is 1. The van der Waals surface area contributed by atoms with Crippen LogP contribution in [0.25, 0.3) is 0 Å². The molecule has 0 amide bonds. The van der Waals surface area contributed by atoms with Crippen molar-refractivity contribution in [3.63, 3.8) is 0 Å². The Morgan fingerprint density at radius 3 is 2.21 bits per heavy atom. The van der Waals surface area contributed by atoms with E-state index in [2.05, 4.69) is 71.8 Å². The van der Waals surface area contributed by atoms with Gasteiger partial charge in [-0.3, -0.25) is 0 Å². The third kappa shape index (κ3) is 3.88. The van der Waals surface area contributed by atoms with E-state index in [9.17, 15) is 0 Å². The molecule has 1 fully saturated rings. The Morgan fingerprint density at radius 2 is 1.54 bits per heavy atom. The third-order valence-corrected chi connectivity index (χ3v) is 4.56. The van der Waals surface area contributed by atoms with Crippen molar-refractivity contribution in [2.24, 2.45) is 5.92 Å². The Kier molecular flexibility index (Phi) is 4.37. The van der Waals surface area contributed by atoms with E-state index in [0.29, 0.717) is 6.61 Å². The summed E-state index contributed by atoms with van der Waals surface area (Å²) >= 11 is 0. The summed E-state index contributed by atoms with van der Waals surface area (Å²) in [6.45, 7) is 2.42. The number of hydrogen-bond donors (Lipinski definition) is 0. The van der Waals surface area contributed by atoms with Gasteiger partial charge in [-0.2, -0.15) is 0 Å². The van der Waals surface area contributed by atoms with Crippen molar-refractivity contribution in [3.8, 4) is 0 Å². The normalized spacial score (nSPS) is 17.2. The molecule has 1 aliphatic heterocycles. The summed E-state index contributed by atoms with van der Waals surface area (Å²) in [5.74, 6) is 1.82. The van der Waals surface area contributed by atoms with Crippen molar-refractivity contribution < 1.29 is 4.74 Å². The molecule has 1 heterocycles. The van der Waals surface area contributed by atoms with E-state index in [1.807, 2.05) is 6.07 Å².